The Balaban J connectivity index is 1.89. The minimum Gasteiger partial charge on any atom is -0.469 e. The molecule has 1 amide bonds. The Morgan fingerprint density at radius 2 is 1.89 bits per heavy atom. The first-order valence-corrected chi connectivity index (χ1v) is 10.6. The van der Waals surface area contributed by atoms with Crippen LogP contribution in [0.5, 0.6) is 0 Å². The summed E-state index contributed by atoms with van der Waals surface area (Å²) in [6.07, 6.45) is 10.3. The number of hydrogen-bond acceptors (Lipinski definition) is 3. The molecule has 1 aromatic rings. The van der Waals surface area contributed by atoms with Gasteiger partial charge in [-0.2, -0.15) is 0 Å². The van der Waals surface area contributed by atoms with Gasteiger partial charge in [-0.15, -0.1) is 0 Å². The fraction of sp³-hybridized carbons (Fsp3) is 0.583. The van der Waals surface area contributed by atoms with E-state index in [9.17, 15) is 9.59 Å². The number of methoxy groups -OCH3 is 1. The summed E-state index contributed by atoms with van der Waals surface area (Å²) in [5, 5.41) is 0. The smallest absolute Gasteiger partial charge is 0.310 e. The van der Waals surface area contributed by atoms with Gasteiger partial charge in [-0.05, 0) is 57.4 Å². The van der Waals surface area contributed by atoms with Crippen LogP contribution in [0.25, 0.3) is 0 Å². The van der Waals surface area contributed by atoms with Gasteiger partial charge in [0.15, 0.2) is 0 Å². The summed E-state index contributed by atoms with van der Waals surface area (Å²) in [6, 6.07) is 8.48. The van der Waals surface area contributed by atoms with E-state index in [2.05, 4.69) is 37.3 Å². The maximum atomic E-state index is 12.9. The second-order valence-electron chi connectivity index (χ2n) is 7.96. The molecule has 1 aromatic carbocycles. The highest BCUT2D eigenvalue weighted by Crippen LogP contribution is 2.21. The van der Waals surface area contributed by atoms with Crippen LogP contribution in [0, 0.1) is 12.8 Å². The molecule has 4 heteroatoms. The van der Waals surface area contributed by atoms with Crippen LogP contribution in [-0.4, -0.2) is 37.0 Å². The molecule has 1 atom stereocenters. The number of rotatable bonds is 10. The van der Waals surface area contributed by atoms with Crippen LogP contribution < -0.4 is 0 Å². The number of carbonyl (C=O) groups is 2. The van der Waals surface area contributed by atoms with Crippen LogP contribution in [0.15, 0.2) is 35.9 Å². The molecular formula is C24H35NO3. The average Bonchev–Trinajstić information content (AvgIpc) is 2.72. The van der Waals surface area contributed by atoms with Gasteiger partial charge in [-0.3, -0.25) is 9.59 Å². The van der Waals surface area contributed by atoms with Gasteiger partial charge in [-0.25, -0.2) is 0 Å². The molecule has 0 aliphatic heterocycles. The van der Waals surface area contributed by atoms with Gasteiger partial charge < -0.3 is 9.64 Å². The minimum absolute atomic E-state index is 0.138. The van der Waals surface area contributed by atoms with Crippen LogP contribution in [0.2, 0.25) is 0 Å². The lowest BCUT2D eigenvalue weighted by molar-refractivity contribution is -0.146. The number of nitrogens with zero attached hydrogens (tertiary/aromatic N) is 1. The van der Waals surface area contributed by atoms with Crippen molar-refractivity contribution in [2.75, 3.05) is 20.2 Å². The molecule has 1 aliphatic carbocycles. The summed E-state index contributed by atoms with van der Waals surface area (Å²) < 4.78 is 4.85. The molecule has 0 aromatic heterocycles. The van der Waals surface area contributed by atoms with E-state index in [0.717, 1.165) is 32.1 Å². The van der Waals surface area contributed by atoms with Crippen molar-refractivity contribution in [2.24, 2.45) is 5.92 Å². The fourth-order valence-electron chi connectivity index (χ4n) is 3.69. The molecule has 0 bridgehead atoms. The highest BCUT2D eigenvalue weighted by Gasteiger charge is 2.21. The summed E-state index contributed by atoms with van der Waals surface area (Å²) in [5.74, 6) is -0.417. The first-order chi connectivity index (χ1) is 13.5. The Kier molecular flexibility index (Phi) is 9.26. The maximum absolute atomic E-state index is 12.9. The summed E-state index contributed by atoms with van der Waals surface area (Å²) in [7, 11) is 1.40. The van der Waals surface area contributed by atoms with E-state index in [0.29, 0.717) is 19.5 Å². The van der Waals surface area contributed by atoms with Gasteiger partial charge in [0.1, 0.15) is 0 Å². The Bertz CT molecular complexity index is 663. The normalized spacial score (nSPS) is 14.9. The van der Waals surface area contributed by atoms with E-state index in [4.69, 9.17) is 4.74 Å². The van der Waals surface area contributed by atoms with Crippen molar-refractivity contribution >= 4 is 11.9 Å². The van der Waals surface area contributed by atoms with Crippen LogP contribution in [0.1, 0.15) is 63.0 Å². The van der Waals surface area contributed by atoms with Crippen LogP contribution in [0.4, 0.5) is 0 Å². The SMILES string of the molecule is COC(=O)C(C)CN(CCC1=CCCCC1)C(=O)CCCc1ccc(C)cc1. The molecule has 0 heterocycles. The zero-order valence-corrected chi connectivity index (χ0v) is 17.7. The number of hydrogen-bond donors (Lipinski definition) is 0. The first-order valence-electron chi connectivity index (χ1n) is 10.6. The van der Waals surface area contributed by atoms with Crippen molar-refractivity contribution in [3.63, 3.8) is 0 Å². The zero-order valence-electron chi connectivity index (χ0n) is 17.7. The molecule has 28 heavy (non-hydrogen) atoms. The molecule has 0 N–H and O–H groups in total. The molecule has 0 saturated carbocycles. The third-order valence-corrected chi connectivity index (χ3v) is 5.52. The van der Waals surface area contributed by atoms with E-state index < -0.39 is 0 Å². The molecule has 0 spiro atoms. The maximum Gasteiger partial charge on any atom is 0.310 e. The van der Waals surface area contributed by atoms with Crippen LogP contribution >= 0.6 is 0 Å². The fourth-order valence-corrected chi connectivity index (χ4v) is 3.69. The number of carbonyl (C=O) groups excluding carboxylic acids is 2. The van der Waals surface area contributed by atoms with Crippen molar-refractivity contribution in [3.05, 3.63) is 47.0 Å². The van der Waals surface area contributed by atoms with Crippen molar-refractivity contribution in [2.45, 2.75) is 65.2 Å². The van der Waals surface area contributed by atoms with Gasteiger partial charge in [0.05, 0.1) is 13.0 Å². The lowest BCUT2D eigenvalue weighted by atomic mass is 9.97. The van der Waals surface area contributed by atoms with Crippen molar-refractivity contribution in [3.8, 4) is 0 Å². The Labute approximate surface area is 170 Å². The Morgan fingerprint density at radius 3 is 2.54 bits per heavy atom. The Morgan fingerprint density at radius 1 is 1.14 bits per heavy atom. The number of amides is 1. The van der Waals surface area contributed by atoms with E-state index in [1.165, 1.54) is 36.7 Å². The summed E-state index contributed by atoms with van der Waals surface area (Å²) in [6.45, 7) is 5.04. The topological polar surface area (TPSA) is 46.6 Å². The largest absolute Gasteiger partial charge is 0.469 e. The number of esters is 1. The molecule has 1 aliphatic rings. The van der Waals surface area contributed by atoms with E-state index in [1.54, 1.807) is 0 Å². The zero-order chi connectivity index (χ0) is 20.4. The third kappa shape index (κ3) is 7.49. The van der Waals surface area contributed by atoms with E-state index in [1.807, 2.05) is 11.8 Å². The standard InChI is InChI=1S/C24H35NO3/c1-19-12-14-22(15-13-19)10-7-11-23(26)25(18-20(2)24(27)28-3)17-16-21-8-5-4-6-9-21/h8,12-15,20H,4-7,9-11,16-18H2,1-3H3. The highest BCUT2D eigenvalue weighted by molar-refractivity contribution is 5.78. The summed E-state index contributed by atoms with van der Waals surface area (Å²) >= 11 is 0. The van der Waals surface area contributed by atoms with Gasteiger partial charge in [-0.1, -0.05) is 48.4 Å². The summed E-state index contributed by atoms with van der Waals surface area (Å²) in [4.78, 5) is 26.6. The predicted octanol–water partition coefficient (Wildman–Crippen LogP) is 4.85. The van der Waals surface area contributed by atoms with Crippen molar-refractivity contribution in [1.29, 1.82) is 0 Å². The quantitative estimate of drug-likeness (QED) is 0.427. The molecule has 2 rings (SSSR count). The number of benzene rings is 1. The minimum atomic E-state index is -0.300. The predicted molar refractivity (Wildman–Crippen MR) is 113 cm³/mol. The highest BCUT2D eigenvalue weighted by atomic mass is 16.5. The first kappa shape index (κ1) is 22.2. The van der Waals surface area contributed by atoms with E-state index in [-0.39, 0.29) is 17.8 Å². The molecule has 1 unspecified atom stereocenters. The number of ether oxygens (including phenoxy) is 1. The van der Waals surface area contributed by atoms with Gasteiger partial charge in [0.25, 0.3) is 0 Å². The monoisotopic (exact) mass is 385 g/mol. The molecule has 154 valence electrons. The molecule has 4 nitrogen and oxygen atoms in total. The van der Waals surface area contributed by atoms with Crippen molar-refractivity contribution in [1.82, 2.24) is 4.90 Å². The Hall–Kier alpha value is -2.10. The lowest BCUT2D eigenvalue weighted by Crippen LogP contribution is -2.38. The molecule has 0 saturated heterocycles. The third-order valence-electron chi connectivity index (χ3n) is 5.52. The second kappa shape index (κ2) is 11.7. The molecular weight excluding hydrogens is 350 g/mol. The van der Waals surface area contributed by atoms with Crippen LogP contribution in [-0.2, 0) is 20.7 Å². The summed E-state index contributed by atoms with van der Waals surface area (Å²) in [5.41, 5.74) is 3.97. The molecule has 0 fully saturated rings. The van der Waals surface area contributed by atoms with Crippen LogP contribution in [0.3, 0.4) is 0 Å². The average molecular weight is 386 g/mol. The second-order valence-corrected chi connectivity index (χ2v) is 7.96. The molecule has 0 radical (unpaired) electrons. The van der Waals surface area contributed by atoms with Crippen molar-refractivity contribution < 1.29 is 14.3 Å². The lowest BCUT2D eigenvalue weighted by Gasteiger charge is -2.26. The number of allylic oxidation sites excluding steroid dienone is 1. The number of aryl methyl sites for hydroxylation is 2. The van der Waals surface area contributed by atoms with Gasteiger partial charge in [0, 0.05) is 19.5 Å². The van der Waals surface area contributed by atoms with E-state index >= 15 is 0 Å². The van der Waals surface area contributed by atoms with Gasteiger partial charge in [0.2, 0.25) is 5.91 Å². The van der Waals surface area contributed by atoms with Gasteiger partial charge >= 0.3 is 5.97 Å².